The monoisotopic (exact) mass is 302 g/mol. The highest BCUT2D eigenvalue weighted by molar-refractivity contribution is 9.10. The molecule has 1 N–H and O–H groups in total. The molecule has 0 amide bonds. The van der Waals surface area contributed by atoms with Crippen LogP contribution in [-0.4, -0.2) is 11.2 Å². The molecule has 2 unspecified atom stereocenters. The van der Waals surface area contributed by atoms with Crippen molar-refractivity contribution in [3.63, 3.8) is 0 Å². The van der Waals surface area contributed by atoms with Gasteiger partial charge in [-0.05, 0) is 46.2 Å². The van der Waals surface area contributed by atoms with Gasteiger partial charge in [-0.25, -0.2) is 0 Å². The zero-order chi connectivity index (χ0) is 11.8. The van der Waals surface area contributed by atoms with E-state index in [0.29, 0.717) is 11.3 Å². The van der Waals surface area contributed by atoms with Crippen LogP contribution < -0.4 is 0 Å². The van der Waals surface area contributed by atoms with Gasteiger partial charge < -0.3 is 5.11 Å². The number of hydrogen-bond acceptors (Lipinski definition) is 2. The number of rotatable bonds is 3. The van der Waals surface area contributed by atoms with Gasteiger partial charge in [-0.15, -0.1) is 11.3 Å². The van der Waals surface area contributed by atoms with Crippen molar-refractivity contribution in [2.75, 3.05) is 0 Å². The third-order valence-electron chi connectivity index (χ3n) is 3.84. The van der Waals surface area contributed by atoms with E-state index in [-0.39, 0.29) is 6.10 Å². The molecule has 0 aromatic carbocycles. The Labute approximate surface area is 110 Å². The molecular formula is C13H19BrOS. The Hall–Kier alpha value is 0.140. The van der Waals surface area contributed by atoms with Crippen LogP contribution >= 0.6 is 27.3 Å². The Balaban J connectivity index is 2.00. The van der Waals surface area contributed by atoms with E-state index in [4.69, 9.17) is 0 Å². The molecular weight excluding hydrogens is 284 g/mol. The van der Waals surface area contributed by atoms with Crippen molar-refractivity contribution in [1.82, 2.24) is 0 Å². The lowest BCUT2D eigenvalue weighted by atomic mass is 9.78. The smallest absolute Gasteiger partial charge is 0.0621 e. The van der Waals surface area contributed by atoms with E-state index >= 15 is 0 Å². The molecule has 1 saturated carbocycles. The van der Waals surface area contributed by atoms with E-state index in [1.54, 1.807) is 11.3 Å². The molecule has 0 radical (unpaired) electrons. The van der Waals surface area contributed by atoms with Crippen molar-refractivity contribution in [1.29, 1.82) is 0 Å². The molecule has 1 fully saturated rings. The normalized spacial score (nSPS) is 25.9. The third kappa shape index (κ3) is 2.69. The van der Waals surface area contributed by atoms with Crippen LogP contribution in [-0.2, 0) is 6.42 Å². The van der Waals surface area contributed by atoms with Crippen LogP contribution in [0, 0.1) is 11.3 Å². The lowest BCUT2D eigenvalue weighted by Crippen LogP contribution is -2.31. The van der Waals surface area contributed by atoms with Crippen molar-refractivity contribution >= 4 is 27.3 Å². The van der Waals surface area contributed by atoms with Crippen LogP contribution in [0.15, 0.2) is 15.9 Å². The lowest BCUT2D eigenvalue weighted by molar-refractivity contribution is 0.0548. The molecule has 2 rings (SSSR count). The molecule has 0 aliphatic heterocycles. The Bertz CT molecular complexity index is 359. The zero-order valence-corrected chi connectivity index (χ0v) is 12.3. The first kappa shape index (κ1) is 12.6. The molecule has 3 heteroatoms. The van der Waals surface area contributed by atoms with Gasteiger partial charge in [0.15, 0.2) is 0 Å². The summed E-state index contributed by atoms with van der Waals surface area (Å²) < 4.78 is 1.13. The molecule has 1 aromatic rings. The van der Waals surface area contributed by atoms with Crippen LogP contribution in [0.2, 0.25) is 0 Å². The minimum absolute atomic E-state index is 0.178. The first-order chi connectivity index (χ1) is 7.49. The summed E-state index contributed by atoms with van der Waals surface area (Å²) in [6.45, 7) is 4.58. The predicted octanol–water partition coefficient (Wildman–Crippen LogP) is 4.24. The highest BCUT2D eigenvalue weighted by Crippen LogP contribution is 2.45. The number of aliphatic hydroxyl groups is 1. The van der Waals surface area contributed by atoms with Crippen LogP contribution in [0.3, 0.4) is 0 Å². The van der Waals surface area contributed by atoms with Gasteiger partial charge in [-0.3, -0.25) is 0 Å². The van der Waals surface area contributed by atoms with Crippen LogP contribution in [0.4, 0.5) is 0 Å². The molecule has 0 saturated heterocycles. The van der Waals surface area contributed by atoms with Crippen molar-refractivity contribution in [3.05, 3.63) is 20.8 Å². The second-order valence-electron chi connectivity index (χ2n) is 5.49. The van der Waals surface area contributed by atoms with Gasteiger partial charge in [0.1, 0.15) is 0 Å². The van der Waals surface area contributed by atoms with E-state index < -0.39 is 0 Å². The fourth-order valence-electron chi connectivity index (χ4n) is 2.88. The number of halogens is 1. The minimum Gasteiger partial charge on any atom is -0.392 e. The predicted molar refractivity (Wildman–Crippen MR) is 72.9 cm³/mol. The van der Waals surface area contributed by atoms with Crippen LogP contribution in [0.1, 0.15) is 38.0 Å². The Morgan fingerprint density at radius 3 is 2.88 bits per heavy atom. The largest absolute Gasteiger partial charge is 0.392 e. The Kier molecular flexibility index (Phi) is 3.77. The van der Waals surface area contributed by atoms with E-state index in [9.17, 15) is 5.11 Å². The topological polar surface area (TPSA) is 20.2 Å². The maximum atomic E-state index is 10.3. The number of aliphatic hydroxyl groups excluding tert-OH is 1. The van der Waals surface area contributed by atoms with Gasteiger partial charge in [-0.1, -0.05) is 20.3 Å². The summed E-state index contributed by atoms with van der Waals surface area (Å²) in [5.74, 6) is 0.466. The summed E-state index contributed by atoms with van der Waals surface area (Å²) in [5, 5.41) is 12.4. The van der Waals surface area contributed by atoms with E-state index in [0.717, 1.165) is 10.9 Å². The molecule has 2 atom stereocenters. The average Bonchev–Trinajstić information content (AvgIpc) is 2.72. The molecule has 1 aliphatic carbocycles. The van der Waals surface area contributed by atoms with Crippen molar-refractivity contribution in [3.8, 4) is 0 Å². The summed E-state index contributed by atoms with van der Waals surface area (Å²) in [7, 11) is 0. The molecule has 0 spiro atoms. The van der Waals surface area contributed by atoms with Crippen LogP contribution in [0.5, 0.6) is 0 Å². The summed E-state index contributed by atoms with van der Waals surface area (Å²) in [5.41, 5.74) is 0.313. The van der Waals surface area contributed by atoms with Crippen LogP contribution in [0.25, 0.3) is 0 Å². The fourth-order valence-corrected chi connectivity index (χ4v) is 4.38. The first-order valence-corrected chi connectivity index (χ1v) is 7.57. The Morgan fingerprint density at radius 2 is 2.38 bits per heavy atom. The molecule has 1 nitrogen and oxygen atoms in total. The highest BCUT2D eigenvalue weighted by Gasteiger charge is 2.38. The maximum Gasteiger partial charge on any atom is 0.0621 e. The molecule has 1 heterocycles. The Morgan fingerprint density at radius 1 is 1.62 bits per heavy atom. The summed E-state index contributed by atoms with van der Waals surface area (Å²) in [6.07, 6.45) is 4.33. The van der Waals surface area contributed by atoms with Gasteiger partial charge in [0.2, 0.25) is 0 Å². The van der Waals surface area contributed by atoms with Gasteiger partial charge >= 0.3 is 0 Å². The fraction of sp³-hybridized carbons (Fsp3) is 0.692. The van der Waals surface area contributed by atoms with E-state index in [1.165, 1.54) is 24.1 Å². The maximum absolute atomic E-state index is 10.3. The van der Waals surface area contributed by atoms with Gasteiger partial charge in [-0.2, -0.15) is 0 Å². The standard InChI is InChI=1S/C13H19BrOS/c1-13(2)5-3-4-11(13)12(15)7-10-6-9(14)8-16-10/h6,8,11-12,15H,3-5,7H2,1-2H3. The number of hydrogen-bond donors (Lipinski definition) is 1. The molecule has 90 valence electrons. The van der Waals surface area contributed by atoms with Gasteiger partial charge in [0.25, 0.3) is 0 Å². The van der Waals surface area contributed by atoms with E-state index in [2.05, 4.69) is 41.2 Å². The highest BCUT2D eigenvalue weighted by atomic mass is 79.9. The molecule has 16 heavy (non-hydrogen) atoms. The quantitative estimate of drug-likeness (QED) is 0.885. The average molecular weight is 303 g/mol. The summed E-state index contributed by atoms with van der Waals surface area (Å²) in [6, 6.07) is 2.12. The molecule has 1 aromatic heterocycles. The minimum atomic E-state index is -0.178. The zero-order valence-electron chi connectivity index (χ0n) is 9.87. The SMILES string of the molecule is CC1(C)CCCC1C(O)Cc1cc(Br)cs1. The summed E-state index contributed by atoms with van der Waals surface area (Å²) in [4.78, 5) is 1.28. The van der Waals surface area contributed by atoms with E-state index in [1.807, 2.05) is 0 Å². The third-order valence-corrected chi connectivity index (χ3v) is 5.56. The first-order valence-electron chi connectivity index (χ1n) is 5.90. The van der Waals surface area contributed by atoms with Gasteiger partial charge in [0, 0.05) is 21.2 Å². The summed E-state index contributed by atoms with van der Waals surface area (Å²) >= 11 is 5.19. The van der Waals surface area contributed by atoms with Crippen molar-refractivity contribution < 1.29 is 5.11 Å². The number of thiophene rings is 1. The molecule has 1 aliphatic rings. The second-order valence-corrected chi connectivity index (χ2v) is 7.40. The lowest BCUT2D eigenvalue weighted by Gasteiger charge is -2.31. The second kappa shape index (κ2) is 4.79. The van der Waals surface area contributed by atoms with Crippen molar-refractivity contribution in [2.24, 2.45) is 11.3 Å². The molecule has 0 bridgehead atoms. The van der Waals surface area contributed by atoms with Gasteiger partial charge in [0.05, 0.1) is 6.10 Å². The van der Waals surface area contributed by atoms with Crippen molar-refractivity contribution in [2.45, 2.75) is 45.6 Å².